The summed E-state index contributed by atoms with van der Waals surface area (Å²) in [5.41, 5.74) is 7.83. The van der Waals surface area contributed by atoms with Gasteiger partial charge in [0.05, 0.1) is 5.92 Å². The molecular formula is C14H19F3N2. The Balaban J connectivity index is 2.06. The molecule has 2 N–H and O–H groups in total. The van der Waals surface area contributed by atoms with Crippen LogP contribution >= 0.6 is 0 Å². The number of nitrogens with two attached hydrogens (primary N) is 1. The quantitative estimate of drug-likeness (QED) is 0.890. The highest BCUT2D eigenvalue weighted by atomic mass is 19.4. The number of rotatable bonds is 2. The summed E-state index contributed by atoms with van der Waals surface area (Å²) in [5, 5.41) is 0. The molecule has 1 aliphatic rings. The normalized spacial score (nSPS) is 26.2. The van der Waals surface area contributed by atoms with Crippen LogP contribution in [0.4, 0.5) is 13.2 Å². The van der Waals surface area contributed by atoms with E-state index in [9.17, 15) is 13.2 Å². The van der Waals surface area contributed by atoms with Gasteiger partial charge in [-0.25, -0.2) is 0 Å². The maximum absolute atomic E-state index is 12.8. The molecule has 19 heavy (non-hydrogen) atoms. The van der Waals surface area contributed by atoms with Crippen LogP contribution in [0.25, 0.3) is 0 Å². The van der Waals surface area contributed by atoms with Gasteiger partial charge in [-0.3, -0.25) is 4.98 Å². The molecule has 0 amide bonds. The predicted molar refractivity (Wildman–Crippen MR) is 67.4 cm³/mol. The molecule has 1 aromatic rings. The zero-order valence-corrected chi connectivity index (χ0v) is 11.0. The van der Waals surface area contributed by atoms with Gasteiger partial charge in [-0.15, -0.1) is 0 Å². The number of alkyl halides is 3. The lowest BCUT2D eigenvalue weighted by atomic mass is 9.76. The van der Waals surface area contributed by atoms with Gasteiger partial charge in [-0.05, 0) is 43.7 Å². The lowest BCUT2D eigenvalue weighted by Gasteiger charge is -2.33. The third kappa shape index (κ3) is 3.47. The van der Waals surface area contributed by atoms with Crippen molar-refractivity contribution < 1.29 is 13.2 Å². The molecule has 0 aromatic carbocycles. The summed E-state index contributed by atoms with van der Waals surface area (Å²) in [4.78, 5) is 4.16. The van der Waals surface area contributed by atoms with Crippen molar-refractivity contribution in [2.75, 3.05) is 0 Å². The number of halogens is 3. The Kier molecular flexibility index (Phi) is 4.13. The fourth-order valence-electron chi connectivity index (χ4n) is 2.80. The summed E-state index contributed by atoms with van der Waals surface area (Å²) in [5.74, 6) is -1.31. The highest BCUT2D eigenvalue weighted by Crippen LogP contribution is 2.43. The zero-order chi connectivity index (χ0) is 14.0. The van der Waals surface area contributed by atoms with Gasteiger partial charge in [0, 0.05) is 17.9 Å². The first kappa shape index (κ1) is 14.3. The molecule has 0 saturated heterocycles. The second-order valence-electron chi connectivity index (χ2n) is 5.42. The zero-order valence-electron chi connectivity index (χ0n) is 11.0. The van der Waals surface area contributed by atoms with Crippen molar-refractivity contribution in [3.05, 3.63) is 29.6 Å². The van der Waals surface area contributed by atoms with E-state index in [0.29, 0.717) is 6.42 Å². The SMILES string of the molecule is Cc1ccc(C(N)C2CCCC(C(F)(F)F)C2)cn1. The predicted octanol–water partition coefficient (Wildman–Crippen LogP) is 3.76. The number of aromatic nitrogens is 1. The number of hydrogen-bond acceptors (Lipinski definition) is 2. The van der Waals surface area contributed by atoms with E-state index in [1.165, 1.54) is 0 Å². The number of hydrogen-bond donors (Lipinski definition) is 1. The first-order valence-corrected chi connectivity index (χ1v) is 6.63. The van der Waals surface area contributed by atoms with Crippen molar-refractivity contribution in [1.29, 1.82) is 0 Å². The van der Waals surface area contributed by atoms with E-state index in [-0.39, 0.29) is 24.8 Å². The van der Waals surface area contributed by atoms with E-state index >= 15 is 0 Å². The first-order chi connectivity index (χ1) is 8.88. The molecule has 3 atom stereocenters. The van der Waals surface area contributed by atoms with Gasteiger partial charge in [-0.2, -0.15) is 13.2 Å². The van der Waals surface area contributed by atoms with Crippen molar-refractivity contribution >= 4 is 0 Å². The minimum absolute atomic E-state index is 0.107. The van der Waals surface area contributed by atoms with Crippen LogP contribution in [0.5, 0.6) is 0 Å². The van der Waals surface area contributed by atoms with Gasteiger partial charge in [0.1, 0.15) is 0 Å². The van der Waals surface area contributed by atoms with E-state index < -0.39 is 12.1 Å². The van der Waals surface area contributed by atoms with E-state index in [2.05, 4.69) is 4.98 Å². The molecule has 0 radical (unpaired) electrons. The number of aryl methyl sites for hydroxylation is 1. The Bertz CT molecular complexity index is 414. The van der Waals surface area contributed by atoms with Gasteiger partial charge in [-0.1, -0.05) is 12.5 Å². The summed E-state index contributed by atoms with van der Waals surface area (Å²) in [6.45, 7) is 1.87. The summed E-state index contributed by atoms with van der Waals surface area (Å²) >= 11 is 0. The molecule has 2 nitrogen and oxygen atoms in total. The average molecular weight is 272 g/mol. The van der Waals surface area contributed by atoms with Crippen LogP contribution in [-0.4, -0.2) is 11.2 Å². The Morgan fingerprint density at radius 1 is 1.32 bits per heavy atom. The lowest BCUT2D eigenvalue weighted by Crippen LogP contribution is -2.33. The van der Waals surface area contributed by atoms with Crippen LogP contribution in [-0.2, 0) is 0 Å². The van der Waals surface area contributed by atoms with Gasteiger partial charge in [0.25, 0.3) is 0 Å². The lowest BCUT2D eigenvalue weighted by molar-refractivity contribution is -0.186. The van der Waals surface area contributed by atoms with E-state index in [0.717, 1.165) is 17.7 Å². The molecule has 2 rings (SSSR count). The molecule has 0 aliphatic heterocycles. The summed E-state index contributed by atoms with van der Waals surface area (Å²) in [6.07, 6.45) is -0.679. The largest absolute Gasteiger partial charge is 0.391 e. The van der Waals surface area contributed by atoms with Crippen LogP contribution in [0.15, 0.2) is 18.3 Å². The summed E-state index contributed by atoms with van der Waals surface area (Å²) < 4.78 is 38.3. The van der Waals surface area contributed by atoms with Crippen LogP contribution in [0.1, 0.15) is 43.0 Å². The topological polar surface area (TPSA) is 38.9 Å². The highest BCUT2D eigenvalue weighted by molar-refractivity contribution is 5.17. The number of pyridine rings is 1. The highest BCUT2D eigenvalue weighted by Gasteiger charge is 2.43. The van der Waals surface area contributed by atoms with Crippen molar-refractivity contribution in [2.24, 2.45) is 17.6 Å². The Hall–Kier alpha value is -1.10. The Labute approximate surface area is 111 Å². The molecule has 1 fully saturated rings. The van der Waals surface area contributed by atoms with E-state index in [1.807, 2.05) is 19.1 Å². The standard InChI is InChI=1S/C14H19F3N2/c1-9-5-6-11(8-19-9)13(18)10-3-2-4-12(7-10)14(15,16)17/h5-6,8,10,12-13H,2-4,7,18H2,1H3. The summed E-state index contributed by atoms with van der Waals surface area (Å²) in [6, 6.07) is 3.36. The Morgan fingerprint density at radius 3 is 2.63 bits per heavy atom. The van der Waals surface area contributed by atoms with Gasteiger partial charge < -0.3 is 5.73 Å². The van der Waals surface area contributed by atoms with Crippen molar-refractivity contribution in [3.63, 3.8) is 0 Å². The van der Waals surface area contributed by atoms with Crippen molar-refractivity contribution in [3.8, 4) is 0 Å². The minimum Gasteiger partial charge on any atom is -0.324 e. The fraction of sp³-hybridized carbons (Fsp3) is 0.643. The molecular weight excluding hydrogens is 253 g/mol. The van der Waals surface area contributed by atoms with Crippen LogP contribution in [0.3, 0.4) is 0 Å². The molecule has 0 bridgehead atoms. The molecule has 3 unspecified atom stereocenters. The van der Waals surface area contributed by atoms with Gasteiger partial charge in [0.15, 0.2) is 0 Å². The second-order valence-corrected chi connectivity index (χ2v) is 5.42. The second kappa shape index (κ2) is 5.49. The van der Waals surface area contributed by atoms with Crippen molar-refractivity contribution in [2.45, 2.75) is 44.8 Å². The molecule has 0 spiro atoms. The van der Waals surface area contributed by atoms with E-state index in [4.69, 9.17) is 5.73 Å². The van der Waals surface area contributed by atoms with Crippen LogP contribution in [0, 0.1) is 18.8 Å². The Morgan fingerprint density at radius 2 is 2.05 bits per heavy atom. The maximum Gasteiger partial charge on any atom is 0.391 e. The van der Waals surface area contributed by atoms with Crippen LogP contribution in [0.2, 0.25) is 0 Å². The van der Waals surface area contributed by atoms with Crippen molar-refractivity contribution in [1.82, 2.24) is 4.98 Å². The minimum atomic E-state index is -4.09. The third-order valence-corrected chi connectivity index (χ3v) is 4.00. The van der Waals surface area contributed by atoms with E-state index in [1.54, 1.807) is 6.20 Å². The molecule has 1 aromatic heterocycles. The fourth-order valence-corrected chi connectivity index (χ4v) is 2.80. The molecule has 5 heteroatoms. The molecule has 1 aliphatic carbocycles. The van der Waals surface area contributed by atoms with Crippen LogP contribution < -0.4 is 5.73 Å². The van der Waals surface area contributed by atoms with Gasteiger partial charge in [0.2, 0.25) is 0 Å². The smallest absolute Gasteiger partial charge is 0.324 e. The maximum atomic E-state index is 12.8. The number of nitrogens with zero attached hydrogens (tertiary/aromatic N) is 1. The first-order valence-electron chi connectivity index (χ1n) is 6.63. The molecule has 1 saturated carbocycles. The molecule has 1 heterocycles. The average Bonchev–Trinajstić information content (AvgIpc) is 2.38. The van der Waals surface area contributed by atoms with Gasteiger partial charge >= 0.3 is 6.18 Å². The monoisotopic (exact) mass is 272 g/mol. The molecule has 106 valence electrons. The summed E-state index contributed by atoms with van der Waals surface area (Å²) in [7, 11) is 0. The third-order valence-electron chi connectivity index (χ3n) is 4.00.